The Morgan fingerprint density at radius 3 is 0.748 bits per heavy atom. The summed E-state index contributed by atoms with van der Waals surface area (Å²) in [7, 11) is -21.4. The van der Waals surface area contributed by atoms with Crippen molar-refractivity contribution in [1.29, 1.82) is 0 Å². The van der Waals surface area contributed by atoms with Gasteiger partial charge in [-0.3, -0.25) is 0 Å². The van der Waals surface area contributed by atoms with Gasteiger partial charge in [-0.2, -0.15) is 0 Å². The molecule has 0 aliphatic heterocycles. The standard InChI is InChI=1S/C20H38O6Si2.C19H36O6Si2.C18H34O6Si2.C17H32O6Si2.C16H30O7Si2/c1-17(2)15-28(24-5,14-10-13-25-16-20(4,22)18(3)21)26-27(6,23)19-11-8-7-9-12-19;1-6-14-27(23-4,15-10-13-24-16-19(3,21)17(2)20)25-26(5,22)18-11-8-7-9-12-18;1-6-26(22-4,14-10-13-23-15-18(3,20)16(2)19)24-25(5,21)17-11-8-7-9-12-17;1-15(18)17(2,19)14-22-12-9-13-24(4,21-3)23-25(5,20)16-10-7-6-8-11-16;1-14(17)16(2,18)13-22-11-8-12-25(20,21-3)23-24(4,19)15-9-6-5-7-10-15/h7-9,11-12,17-18,21-23H,10,13-16H2,1-6H3;7-9,11-12,17,20-22H,6,10,13-16H2,1-5H3;7-9,11-12,16,19-21H,6,10,13-15H2,1-5H3;6-8,10-11,15,18-20H,9,12-14H2,1-5H3;5-7,9-10,14,17-20H,8,11-13H2,1-4H3. The summed E-state index contributed by atoms with van der Waals surface area (Å²) >= 11 is 0. The third-order valence-corrected chi connectivity index (χ3v) is 58.5. The van der Waals surface area contributed by atoms with Crippen LogP contribution in [0.2, 0.25) is 87.6 Å². The van der Waals surface area contributed by atoms with Crippen LogP contribution in [-0.4, -0.2) is 326 Å². The molecule has 0 saturated carbocycles. The second kappa shape index (κ2) is 59.6. The van der Waals surface area contributed by atoms with Crippen LogP contribution in [0.15, 0.2) is 152 Å². The number of aliphatic hydroxyl groups is 10. The van der Waals surface area contributed by atoms with E-state index >= 15 is 0 Å². The summed E-state index contributed by atoms with van der Waals surface area (Å²) in [6.07, 6.45) is -0.221. The number of benzene rings is 5. The zero-order chi connectivity index (χ0) is 100. The number of hydrogen-bond acceptors (Lipinski definition) is 31. The predicted molar refractivity (Wildman–Crippen MR) is 535 cm³/mol. The molecule has 0 radical (unpaired) electrons. The molecule has 0 fully saturated rings. The molecule has 0 aliphatic rings. The zero-order valence-electron chi connectivity index (χ0n) is 83.1. The molecule has 16 N–H and O–H groups in total. The second-order valence-electron chi connectivity index (χ2n) is 36.5. The van der Waals surface area contributed by atoms with Gasteiger partial charge in [0.1, 0.15) is 28.0 Å². The predicted octanol–water partition coefficient (Wildman–Crippen LogP) is 7.21. The van der Waals surface area contributed by atoms with Crippen LogP contribution >= 0.6 is 0 Å². The van der Waals surface area contributed by atoms with E-state index in [1.807, 2.05) is 141 Å². The van der Waals surface area contributed by atoms with E-state index in [9.17, 15) is 79.8 Å². The Hall–Kier alpha value is -2.97. The summed E-state index contributed by atoms with van der Waals surface area (Å²) in [5.41, 5.74) is -6.38. The lowest BCUT2D eigenvalue weighted by atomic mass is 10.0. The first kappa shape index (κ1) is 126. The van der Waals surface area contributed by atoms with Crippen LogP contribution in [0.4, 0.5) is 0 Å². The molecule has 31 nitrogen and oxygen atoms in total. The largest absolute Gasteiger partial charge is 0.489 e. The van der Waals surface area contributed by atoms with Crippen LogP contribution in [-0.2, 0) is 66.4 Å². The zero-order valence-corrected chi connectivity index (χ0v) is 93.1. The quantitative estimate of drug-likeness (QED) is 0.0135. The second-order valence-corrected chi connectivity index (χ2v) is 68.6. The maximum absolute atomic E-state index is 11.1. The molecule has 20 atom stereocenters. The minimum atomic E-state index is -3.54. The molecule has 5 aromatic carbocycles. The third-order valence-electron chi connectivity index (χ3n) is 22.9. The summed E-state index contributed by atoms with van der Waals surface area (Å²) in [4.78, 5) is 65.1. The number of hydrogen-bond donors (Lipinski definition) is 16. The van der Waals surface area contributed by atoms with Crippen molar-refractivity contribution in [2.75, 3.05) is 102 Å². The molecule has 0 saturated heterocycles. The van der Waals surface area contributed by atoms with Gasteiger partial charge in [0, 0.05) is 74.6 Å². The van der Waals surface area contributed by atoms with Gasteiger partial charge >= 0.3 is 85.9 Å². The van der Waals surface area contributed by atoms with Gasteiger partial charge in [0.2, 0.25) is 0 Å². The minimum Gasteiger partial charge on any atom is -0.411 e. The molecule has 131 heavy (non-hydrogen) atoms. The summed E-state index contributed by atoms with van der Waals surface area (Å²) in [6.45, 7) is 36.5. The SMILES string of the molecule is CCC[Si](CCCOCC(C)(O)C(C)O)(OC)O[Si](C)(O)c1ccccc1.CC[Si](CCCOCC(C)(O)C(C)O)(OC)O[Si](C)(O)c1ccccc1.CO[Si](C)(CCCOCC(C)(O)C(C)O)O[Si](C)(O)c1ccccc1.CO[Si](CCCOCC(C)(O)C(C)O)(CC(C)C)O[Si](C)(O)c1ccccc1.CO[Si](O)(CCCOCC(C)(O)C(C)O)O[Si](C)(O)c1ccccc1. The molecule has 0 aromatic heterocycles. The molecule has 0 bridgehead atoms. The monoisotopic (exact) mass is 2030 g/mol. The summed E-state index contributed by atoms with van der Waals surface area (Å²) in [6, 6.07) is 52.2. The van der Waals surface area contributed by atoms with Gasteiger partial charge < -0.3 is 146 Å². The number of ether oxygens (including phenoxy) is 5. The van der Waals surface area contributed by atoms with Crippen molar-refractivity contribution in [3.8, 4) is 0 Å². The Kier molecular flexibility index (Phi) is 57.3. The molecule has 0 heterocycles. The van der Waals surface area contributed by atoms with Crippen LogP contribution in [0.25, 0.3) is 0 Å². The van der Waals surface area contributed by atoms with Crippen molar-refractivity contribution in [2.45, 2.75) is 282 Å². The fourth-order valence-corrected chi connectivity index (χ4v) is 46.8. The fraction of sp³-hybridized carbons (Fsp3) is 0.667. The Balaban J connectivity index is 0.000000819. The summed E-state index contributed by atoms with van der Waals surface area (Å²) in [5.74, 6) is 0.379. The minimum absolute atomic E-state index is 0.0189. The Labute approximate surface area is 793 Å². The third kappa shape index (κ3) is 47.7. The normalized spacial score (nSPS) is 20.0. The molecule has 756 valence electrons. The first-order valence-corrected chi connectivity index (χ1v) is 68.4. The van der Waals surface area contributed by atoms with Crippen LogP contribution < -0.4 is 25.9 Å². The van der Waals surface area contributed by atoms with E-state index in [0.29, 0.717) is 93.8 Å². The molecular weight excluding hydrogens is 1860 g/mol. The molecule has 20 unspecified atom stereocenters. The van der Waals surface area contributed by atoms with Crippen LogP contribution in [0, 0.1) is 5.92 Å². The highest BCUT2D eigenvalue weighted by Gasteiger charge is 2.50. The van der Waals surface area contributed by atoms with Gasteiger partial charge in [-0.1, -0.05) is 186 Å². The number of aliphatic hydroxyl groups excluding tert-OH is 5. The van der Waals surface area contributed by atoms with Crippen molar-refractivity contribution in [3.05, 3.63) is 152 Å². The first-order valence-electron chi connectivity index (χ1n) is 45.4. The molecule has 41 heteroatoms. The van der Waals surface area contributed by atoms with E-state index in [1.165, 1.54) is 48.7 Å². The molecule has 5 aromatic rings. The highest BCUT2D eigenvalue weighted by molar-refractivity contribution is 6.90. The lowest BCUT2D eigenvalue weighted by molar-refractivity contribution is -0.102. The molecular formula is C90H170O31Si10. The van der Waals surface area contributed by atoms with Gasteiger partial charge in [-0.25, -0.2) is 0 Å². The summed E-state index contributed by atoms with van der Waals surface area (Å²) < 4.78 is 86.7. The topological polar surface area (TPSA) is 462 Å². The average molecular weight is 2030 g/mol. The van der Waals surface area contributed by atoms with Gasteiger partial charge in [0.15, 0.2) is 0 Å². The smallest absolute Gasteiger partial charge is 0.411 e. The van der Waals surface area contributed by atoms with Gasteiger partial charge in [0.25, 0.3) is 0 Å². The van der Waals surface area contributed by atoms with Crippen molar-refractivity contribution in [2.24, 2.45) is 5.92 Å². The Morgan fingerprint density at radius 2 is 0.511 bits per heavy atom. The lowest BCUT2D eigenvalue weighted by Crippen LogP contribution is -2.58. The van der Waals surface area contributed by atoms with E-state index in [-0.39, 0.29) is 45.7 Å². The van der Waals surface area contributed by atoms with E-state index < -0.39 is 144 Å². The van der Waals surface area contributed by atoms with E-state index in [0.717, 1.165) is 45.3 Å². The average Bonchev–Trinajstić information content (AvgIpc) is 0.776. The maximum Gasteiger partial charge on any atom is 0.489 e. The first-order chi connectivity index (χ1) is 60.7. The highest BCUT2D eigenvalue weighted by Crippen LogP contribution is 2.31. The molecule has 0 aliphatic carbocycles. The molecule has 5 rings (SSSR count). The molecule has 0 amide bonds. The van der Waals surface area contributed by atoms with Crippen LogP contribution in [0.5, 0.6) is 0 Å². The van der Waals surface area contributed by atoms with E-state index in [4.69, 9.17) is 66.4 Å². The highest BCUT2D eigenvalue weighted by atomic mass is 28.5. The molecule has 0 spiro atoms. The Morgan fingerprint density at radius 1 is 0.282 bits per heavy atom. The fourth-order valence-electron chi connectivity index (χ4n) is 12.9. The van der Waals surface area contributed by atoms with Crippen molar-refractivity contribution in [3.63, 3.8) is 0 Å². The van der Waals surface area contributed by atoms with Gasteiger partial charge in [0.05, 0.1) is 63.6 Å². The van der Waals surface area contributed by atoms with Crippen LogP contribution in [0.1, 0.15) is 135 Å². The van der Waals surface area contributed by atoms with E-state index in [2.05, 4.69) is 20.8 Å². The Bertz CT molecular complexity index is 3670. The van der Waals surface area contributed by atoms with Gasteiger partial charge in [-0.15, -0.1) is 0 Å². The summed E-state index contributed by atoms with van der Waals surface area (Å²) in [5, 5.41) is 101. The van der Waals surface area contributed by atoms with Crippen molar-refractivity contribution >= 4 is 112 Å². The lowest BCUT2D eigenvalue weighted by Gasteiger charge is -2.37. The van der Waals surface area contributed by atoms with Crippen LogP contribution in [0.3, 0.4) is 0 Å². The van der Waals surface area contributed by atoms with Crippen molar-refractivity contribution in [1.82, 2.24) is 0 Å². The van der Waals surface area contributed by atoms with Crippen molar-refractivity contribution < 1.29 is 146 Å². The number of rotatable bonds is 60. The van der Waals surface area contributed by atoms with E-state index in [1.54, 1.807) is 113 Å². The van der Waals surface area contributed by atoms with Gasteiger partial charge in [-0.05, 0) is 215 Å². The maximum atomic E-state index is 11.1.